The fraction of sp³-hybridized carbons (Fsp3) is 0.571. The van der Waals surface area contributed by atoms with Gasteiger partial charge in [-0.1, -0.05) is 13.0 Å². The van der Waals surface area contributed by atoms with E-state index < -0.39 is 0 Å². The zero-order valence-electron chi connectivity index (χ0n) is 10.4. The Bertz CT molecular complexity index is 403. The number of carbonyl (C=O) groups excluding carboxylic acids is 1. The second-order valence-corrected chi connectivity index (χ2v) is 4.98. The van der Waals surface area contributed by atoms with Crippen LogP contribution in [0.5, 0.6) is 0 Å². The molecule has 3 nitrogen and oxygen atoms in total. The second kappa shape index (κ2) is 5.41. The Morgan fingerprint density at radius 1 is 1.65 bits per heavy atom. The van der Waals surface area contributed by atoms with Crippen molar-refractivity contribution in [3.63, 3.8) is 0 Å². The van der Waals surface area contributed by atoms with Crippen LogP contribution < -0.4 is 5.73 Å². The van der Waals surface area contributed by atoms with Crippen molar-refractivity contribution in [2.75, 3.05) is 6.54 Å². The summed E-state index contributed by atoms with van der Waals surface area (Å²) in [5.74, 6) is 0.808. The lowest BCUT2D eigenvalue weighted by Crippen LogP contribution is -2.15. The molecule has 1 aliphatic rings. The molecule has 0 fully saturated rings. The first-order chi connectivity index (χ1) is 8.22. The first-order valence-electron chi connectivity index (χ1n) is 6.39. The van der Waals surface area contributed by atoms with Crippen LogP contribution in [-0.4, -0.2) is 17.3 Å². The zero-order chi connectivity index (χ0) is 12.3. The quantitative estimate of drug-likeness (QED) is 0.845. The number of rotatable bonds is 5. The van der Waals surface area contributed by atoms with Gasteiger partial charge in [-0.15, -0.1) is 0 Å². The number of Topliss-reactive ketones (excluding diaryl/α,β-unsaturated/α-hetero) is 1. The molecule has 0 spiro atoms. The third kappa shape index (κ3) is 2.72. The van der Waals surface area contributed by atoms with Gasteiger partial charge in [0.05, 0.1) is 11.6 Å². The highest BCUT2D eigenvalue weighted by Gasteiger charge is 2.29. The first kappa shape index (κ1) is 12.2. The van der Waals surface area contributed by atoms with Crippen molar-refractivity contribution in [2.45, 2.75) is 38.5 Å². The van der Waals surface area contributed by atoms with Gasteiger partial charge < -0.3 is 5.73 Å². The lowest BCUT2D eigenvalue weighted by atomic mass is 9.94. The minimum Gasteiger partial charge on any atom is -0.330 e. The molecule has 2 unspecified atom stereocenters. The topological polar surface area (TPSA) is 56.0 Å². The summed E-state index contributed by atoms with van der Waals surface area (Å²) in [5.41, 5.74) is 7.82. The molecule has 3 heteroatoms. The van der Waals surface area contributed by atoms with Gasteiger partial charge in [-0.3, -0.25) is 9.78 Å². The van der Waals surface area contributed by atoms with Crippen LogP contribution in [-0.2, 0) is 11.2 Å². The largest absolute Gasteiger partial charge is 0.330 e. The van der Waals surface area contributed by atoms with Gasteiger partial charge in [0.15, 0.2) is 0 Å². The van der Waals surface area contributed by atoms with E-state index in [4.69, 9.17) is 5.73 Å². The Kier molecular flexibility index (Phi) is 3.89. The first-order valence-corrected chi connectivity index (χ1v) is 6.39. The minimum absolute atomic E-state index is 0.0381. The fourth-order valence-electron chi connectivity index (χ4n) is 2.41. The zero-order valence-corrected chi connectivity index (χ0v) is 10.4. The molecule has 0 saturated heterocycles. The van der Waals surface area contributed by atoms with E-state index in [0.717, 1.165) is 25.0 Å². The van der Waals surface area contributed by atoms with Gasteiger partial charge >= 0.3 is 0 Å². The number of nitrogens with two attached hydrogens (primary N) is 1. The third-order valence-corrected chi connectivity index (χ3v) is 3.63. The fourth-order valence-corrected chi connectivity index (χ4v) is 2.41. The van der Waals surface area contributed by atoms with Crippen LogP contribution in [0.2, 0.25) is 0 Å². The number of aryl methyl sites for hydroxylation is 1. The predicted molar refractivity (Wildman–Crippen MR) is 67.8 cm³/mol. The van der Waals surface area contributed by atoms with Crippen LogP contribution in [0.15, 0.2) is 18.3 Å². The van der Waals surface area contributed by atoms with Crippen LogP contribution >= 0.6 is 0 Å². The van der Waals surface area contributed by atoms with Crippen LogP contribution in [0.1, 0.15) is 43.4 Å². The molecular formula is C14H20N2O. The Morgan fingerprint density at radius 3 is 3.24 bits per heavy atom. The molecule has 1 heterocycles. The number of fused-ring (bicyclic) bond motifs is 1. The summed E-state index contributed by atoms with van der Waals surface area (Å²) >= 11 is 0. The lowest BCUT2D eigenvalue weighted by molar-refractivity contribution is -0.120. The Balaban J connectivity index is 1.98. The van der Waals surface area contributed by atoms with Crippen LogP contribution in [0.4, 0.5) is 0 Å². The lowest BCUT2D eigenvalue weighted by Gasteiger charge is -2.11. The van der Waals surface area contributed by atoms with Gasteiger partial charge in [-0.05, 0) is 43.4 Å². The summed E-state index contributed by atoms with van der Waals surface area (Å²) in [4.78, 5) is 16.5. The van der Waals surface area contributed by atoms with E-state index in [1.807, 2.05) is 6.07 Å². The minimum atomic E-state index is 0.0381. The molecular weight excluding hydrogens is 212 g/mol. The number of pyridine rings is 1. The smallest absolute Gasteiger partial charge is 0.141 e. The van der Waals surface area contributed by atoms with Crippen molar-refractivity contribution in [3.05, 3.63) is 29.6 Å². The van der Waals surface area contributed by atoms with Crippen molar-refractivity contribution in [2.24, 2.45) is 11.7 Å². The van der Waals surface area contributed by atoms with Crippen molar-refractivity contribution >= 4 is 5.78 Å². The normalized spacial score (nSPS) is 20.0. The number of carbonyl (C=O) groups is 1. The van der Waals surface area contributed by atoms with Gasteiger partial charge in [0.25, 0.3) is 0 Å². The van der Waals surface area contributed by atoms with E-state index in [9.17, 15) is 4.79 Å². The maximum absolute atomic E-state index is 12.1. The highest BCUT2D eigenvalue weighted by molar-refractivity contribution is 5.86. The Morgan fingerprint density at radius 2 is 2.47 bits per heavy atom. The second-order valence-electron chi connectivity index (χ2n) is 4.98. The summed E-state index contributed by atoms with van der Waals surface area (Å²) in [7, 11) is 0. The van der Waals surface area contributed by atoms with E-state index in [2.05, 4.69) is 18.0 Å². The number of hydrogen-bond donors (Lipinski definition) is 1. The van der Waals surface area contributed by atoms with E-state index in [1.54, 1.807) is 6.20 Å². The maximum Gasteiger partial charge on any atom is 0.141 e. The molecule has 92 valence electrons. The molecule has 1 aliphatic carbocycles. The van der Waals surface area contributed by atoms with E-state index in [0.29, 0.717) is 24.7 Å². The molecule has 1 aromatic heterocycles. The van der Waals surface area contributed by atoms with Gasteiger partial charge in [0.1, 0.15) is 5.78 Å². The summed E-state index contributed by atoms with van der Waals surface area (Å²) in [6, 6.07) is 4.03. The van der Waals surface area contributed by atoms with Crippen LogP contribution in [0.25, 0.3) is 0 Å². The van der Waals surface area contributed by atoms with E-state index >= 15 is 0 Å². The molecule has 1 aromatic rings. The average molecular weight is 232 g/mol. The van der Waals surface area contributed by atoms with Crippen molar-refractivity contribution in [1.29, 1.82) is 0 Å². The summed E-state index contributed by atoms with van der Waals surface area (Å²) < 4.78 is 0. The molecule has 0 saturated carbocycles. The molecule has 17 heavy (non-hydrogen) atoms. The molecule has 0 aromatic carbocycles. The molecule has 2 rings (SSSR count). The van der Waals surface area contributed by atoms with Crippen LogP contribution in [0.3, 0.4) is 0 Å². The van der Waals surface area contributed by atoms with Gasteiger partial charge in [0, 0.05) is 12.6 Å². The number of ketones is 1. The molecule has 0 bridgehead atoms. The SMILES string of the molecule is CC(CN)CCC(=O)C1CCc2cccnc21. The maximum atomic E-state index is 12.1. The van der Waals surface area contributed by atoms with Crippen molar-refractivity contribution in [1.82, 2.24) is 4.98 Å². The molecule has 0 aliphatic heterocycles. The molecule has 2 N–H and O–H groups in total. The van der Waals surface area contributed by atoms with Gasteiger partial charge in [0.2, 0.25) is 0 Å². The number of aromatic nitrogens is 1. The Labute approximate surface area is 102 Å². The van der Waals surface area contributed by atoms with E-state index in [-0.39, 0.29) is 5.92 Å². The summed E-state index contributed by atoms with van der Waals surface area (Å²) in [6.45, 7) is 2.75. The highest BCUT2D eigenvalue weighted by Crippen LogP contribution is 2.32. The number of hydrogen-bond acceptors (Lipinski definition) is 3. The van der Waals surface area contributed by atoms with Crippen LogP contribution in [0, 0.1) is 5.92 Å². The molecule has 2 atom stereocenters. The molecule has 0 radical (unpaired) electrons. The standard InChI is InChI=1S/C14H20N2O/c1-10(9-15)4-7-13(17)12-6-5-11-3-2-8-16-14(11)12/h2-3,8,10,12H,4-7,9,15H2,1H3. The van der Waals surface area contributed by atoms with Gasteiger partial charge in [-0.2, -0.15) is 0 Å². The average Bonchev–Trinajstić information content (AvgIpc) is 2.79. The van der Waals surface area contributed by atoms with E-state index in [1.165, 1.54) is 5.56 Å². The molecule has 0 amide bonds. The monoisotopic (exact) mass is 232 g/mol. The number of nitrogens with zero attached hydrogens (tertiary/aromatic N) is 1. The van der Waals surface area contributed by atoms with Crippen molar-refractivity contribution in [3.8, 4) is 0 Å². The third-order valence-electron chi connectivity index (χ3n) is 3.63. The summed E-state index contributed by atoms with van der Waals surface area (Å²) in [6.07, 6.45) is 5.24. The van der Waals surface area contributed by atoms with Crippen molar-refractivity contribution < 1.29 is 4.79 Å². The Hall–Kier alpha value is -1.22. The predicted octanol–water partition coefficient (Wildman–Crippen LogP) is 2.06. The summed E-state index contributed by atoms with van der Waals surface area (Å²) in [5, 5.41) is 0. The van der Waals surface area contributed by atoms with Gasteiger partial charge in [-0.25, -0.2) is 0 Å². The highest BCUT2D eigenvalue weighted by atomic mass is 16.1.